The summed E-state index contributed by atoms with van der Waals surface area (Å²) in [7, 11) is 0. The average molecular weight is 436 g/mol. The molecule has 7 heteroatoms. The van der Waals surface area contributed by atoms with Crippen molar-refractivity contribution in [3.8, 4) is 0 Å². The van der Waals surface area contributed by atoms with Gasteiger partial charge in [-0.25, -0.2) is 4.98 Å². The molecule has 0 aliphatic carbocycles. The van der Waals surface area contributed by atoms with Crippen LogP contribution in [0.5, 0.6) is 0 Å². The third-order valence-electron chi connectivity index (χ3n) is 4.21. The summed E-state index contributed by atoms with van der Waals surface area (Å²) in [6.07, 6.45) is 1.80. The Balaban J connectivity index is 1.54. The van der Waals surface area contributed by atoms with Crippen molar-refractivity contribution >= 4 is 45.1 Å². The minimum Gasteiger partial charge on any atom is -0.378 e. The van der Waals surface area contributed by atoms with Crippen molar-refractivity contribution < 1.29 is 9.53 Å². The van der Waals surface area contributed by atoms with Crippen LogP contribution in [0.1, 0.15) is 11.1 Å². The zero-order valence-corrected chi connectivity index (χ0v) is 17.3. The van der Waals surface area contributed by atoms with E-state index < -0.39 is 0 Å². The van der Waals surface area contributed by atoms with Crippen LogP contribution >= 0.6 is 27.7 Å². The van der Waals surface area contributed by atoms with Crippen molar-refractivity contribution in [2.45, 2.75) is 18.7 Å². The third kappa shape index (κ3) is 4.99. The number of anilines is 2. The number of hydrogen-bond donors (Lipinski definition) is 1. The Morgan fingerprint density at radius 1 is 1.27 bits per heavy atom. The van der Waals surface area contributed by atoms with E-state index in [0.717, 1.165) is 46.9 Å². The molecule has 2 heterocycles. The van der Waals surface area contributed by atoms with E-state index >= 15 is 0 Å². The SMILES string of the molecule is Cc1cc(SCC(=O)Nc2ccc(N3CCOCC3)cn2)c(C)cc1Br. The molecule has 1 fully saturated rings. The van der Waals surface area contributed by atoms with E-state index in [9.17, 15) is 4.79 Å². The van der Waals surface area contributed by atoms with Gasteiger partial charge < -0.3 is 15.0 Å². The van der Waals surface area contributed by atoms with E-state index in [4.69, 9.17) is 4.74 Å². The number of halogens is 1. The molecular weight excluding hydrogens is 414 g/mol. The van der Waals surface area contributed by atoms with Gasteiger partial charge in [-0.1, -0.05) is 15.9 Å². The van der Waals surface area contributed by atoms with E-state index in [1.165, 1.54) is 5.56 Å². The lowest BCUT2D eigenvalue weighted by atomic mass is 10.2. The lowest BCUT2D eigenvalue weighted by Crippen LogP contribution is -2.36. The Bertz CT molecular complexity index is 777. The first kappa shape index (κ1) is 19.2. The van der Waals surface area contributed by atoms with Crippen LogP contribution in [0.4, 0.5) is 11.5 Å². The van der Waals surface area contributed by atoms with Gasteiger partial charge in [-0.3, -0.25) is 4.79 Å². The molecule has 1 amide bonds. The quantitative estimate of drug-likeness (QED) is 0.718. The van der Waals surface area contributed by atoms with Crippen LogP contribution in [0.25, 0.3) is 0 Å². The fourth-order valence-electron chi connectivity index (χ4n) is 2.70. The number of thioether (sulfide) groups is 1. The standard InChI is InChI=1S/C19H22BrN3O2S/c1-13-10-17(14(2)9-16(13)20)26-12-19(24)22-18-4-3-15(11-21-18)23-5-7-25-8-6-23/h3-4,9-11H,5-8,12H2,1-2H3,(H,21,22,24). The van der Waals surface area contributed by atoms with Crippen molar-refractivity contribution in [1.29, 1.82) is 0 Å². The van der Waals surface area contributed by atoms with Crippen LogP contribution in [0, 0.1) is 13.8 Å². The molecular formula is C19H22BrN3O2S. The molecule has 0 unspecified atom stereocenters. The Kier molecular flexibility index (Phi) is 6.56. The van der Waals surface area contributed by atoms with Crippen molar-refractivity contribution in [2.24, 2.45) is 0 Å². The van der Waals surface area contributed by atoms with Gasteiger partial charge >= 0.3 is 0 Å². The predicted molar refractivity (Wildman–Crippen MR) is 110 cm³/mol. The van der Waals surface area contributed by atoms with Gasteiger partial charge in [0.1, 0.15) is 5.82 Å². The summed E-state index contributed by atoms with van der Waals surface area (Å²) in [6.45, 7) is 7.32. The fraction of sp³-hybridized carbons (Fsp3) is 0.368. The highest BCUT2D eigenvalue weighted by Gasteiger charge is 2.12. The van der Waals surface area contributed by atoms with E-state index in [1.54, 1.807) is 18.0 Å². The second-order valence-corrected chi connectivity index (χ2v) is 8.08. The second-order valence-electron chi connectivity index (χ2n) is 6.20. The summed E-state index contributed by atoms with van der Waals surface area (Å²) in [6, 6.07) is 8.03. The van der Waals surface area contributed by atoms with Gasteiger partial charge in [-0.2, -0.15) is 0 Å². The summed E-state index contributed by atoms with van der Waals surface area (Å²) in [4.78, 5) is 19.9. The van der Waals surface area contributed by atoms with Crippen molar-refractivity contribution in [3.63, 3.8) is 0 Å². The van der Waals surface area contributed by atoms with Gasteiger partial charge in [0.15, 0.2) is 0 Å². The molecule has 1 saturated heterocycles. The smallest absolute Gasteiger partial charge is 0.235 e. The first-order valence-electron chi connectivity index (χ1n) is 8.51. The number of pyridine rings is 1. The number of ether oxygens (including phenoxy) is 1. The molecule has 1 aromatic carbocycles. The highest BCUT2D eigenvalue weighted by Crippen LogP contribution is 2.28. The highest BCUT2D eigenvalue weighted by atomic mass is 79.9. The number of amides is 1. The van der Waals surface area contributed by atoms with Crippen LogP contribution in [-0.2, 0) is 9.53 Å². The minimum atomic E-state index is -0.0541. The maximum atomic E-state index is 12.2. The van der Waals surface area contributed by atoms with Crippen LogP contribution in [0.15, 0.2) is 39.8 Å². The van der Waals surface area contributed by atoms with Crippen LogP contribution in [-0.4, -0.2) is 42.9 Å². The number of morpholine rings is 1. The molecule has 0 saturated carbocycles. The van der Waals surface area contributed by atoms with Crippen molar-refractivity contribution in [2.75, 3.05) is 42.3 Å². The van der Waals surface area contributed by atoms with E-state index in [0.29, 0.717) is 11.6 Å². The van der Waals surface area contributed by atoms with E-state index in [2.05, 4.69) is 50.2 Å². The summed E-state index contributed by atoms with van der Waals surface area (Å²) >= 11 is 5.07. The Morgan fingerprint density at radius 2 is 2.04 bits per heavy atom. The second kappa shape index (κ2) is 8.88. The van der Waals surface area contributed by atoms with Crippen LogP contribution in [0.3, 0.4) is 0 Å². The summed E-state index contributed by atoms with van der Waals surface area (Å²) in [5.41, 5.74) is 3.38. The molecule has 0 bridgehead atoms. The zero-order valence-electron chi connectivity index (χ0n) is 14.9. The first-order chi connectivity index (χ1) is 12.5. The molecule has 2 aromatic rings. The van der Waals surface area contributed by atoms with Gasteiger partial charge in [0.25, 0.3) is 0 Å². The van der Waals surface area contributed by atoms with Crippen molar-refractivity contribution in [3.05, 3.63) is 46.1 Å². The lowest BCUT2D eigenvalue weighted by molar-refractivity contribution is -0.113. The number of aromatic nitrogens is 1. The number of nitrogens with zero attached hydrogens (tertiary/aromatic N) is 2. The van der Waals surface area contributed by atoms with Crippen LogP contribution < -0.4 is 10.2 Å². The Hall–Kier alpha value is -1.57. The molecule has 26 heavy (non-hydrogen) atoms. The average Bonchev–Trinajstić information content (AvgIpc) is 2.65. The minimum absolute atomic E-state index is 0.0541. The topological polar surface area (TPSA) is 54.5 Å². The summed E-state index contributed by atoms with van der Waals surface area (Å²) in [5.74, 6) is 0.882. The predicted octanol–water partition coefficient (Wildman–Crippen LogP) is 4.03. The number of aryl methyl sites for hydroxylation is 2. The lowest BCUT2D eigenvalue weighted by Gasteiger charge is -2.28. The van der Waals surface area contributed by atoms with E-state index in [-0.39, 0.29) is 5.91 Å². The van der Waals surface area contributed by atoms with Gasteiger partial charge in [-0.05, 0) is 49.2 Å². The molecule has 1 aliphatic rings. The number of rotatable bonds is 5. The number of hydrogen-bond acceptors (Lipinski definition) is 5. The maximum Gasteiger partial charge on any atom is 0.235 e. The van der Waals surface area contributed by atoms with Gasteiger partial charge in [0, 0.05) is 22.5 Å². The first-order valence-corrected chi connectivity index (χ1v) is 10.3. The maximum absolute atomic E-state index is 12.2. The molecule has 138 valence electrons. The molecule has 0 radical (unpaired) electrons. The summed E-state index contributed by atoms with van der Waals surface area (Å²) < 4.78 is 6.45. The zero-order chi connectivity index (χ0) is 18.5. The van der Waals surface area contributed by atoms with E-state index in [1.807, 2.05) is 19.1 Å². The number of nitrogens with one attached hydrogen (secondary N) is 1. The van der Waals surface area contributed by atoms with Crippen LogP contribution in [0.2, 0.25) is 0 Å². The molecule has 1 aliphatic heterocycles. The molecule has 1 N–H and O–H groups in total. The number of carbonyl (C=O) groups is 1. The largest absolute Gasteiger partial charge is 0.378 e. The molecule has 5 nitrogen and oxygen atoms in total. The highest BCUT2D eigenvalue weighted by molar-refractivity contribution is 9.10. The number of carbonyl (C=O) groups excluding carboxylic acids is 1. The summed E-state index contributed by atoms with van der Waals surface area (Å²) in [5, 5.41) is 2.86. The monoisotopic (exact) mass is 435 g/mol. The fourth-order valence-corrected chi connectivity index (χ4v) is 4.06. The normalized spacial score (nSPS) is 14.3. The third-order valence-corrected chi connectivity index (χ3v) is 6.22. The number of benzene rings is 1. The molecule has 3 rings (SSSR count). The van der Waals surface area contributed by atoms with Crippen molar-refractivity contribution in [1.82, 2.24) is 4.98 Å². The van der Waals surface area contributed by atoms with Gasteiger partial charge in [-0.15, -0.1) is 11.8 Å². The van der Waals surface area contributed by atoms with Gasteiger partial charge in [0.05, 0.1) is 30.9 Å². The molecule has 0 atom stereocenters. The Labute approximate surface area is 166 Å². The molecule has 1 aromatic heterocycles. The Morgan fingerprint density at radius 3 is 2.73 bits per heavy atom. The molecule has 0 spiro atoms. The van der Waals surface area contributed by atoms with Gasteiger partial charge in [0.2, 0.25) is 5.91 Å².